The molecule has 0 spiro atoms. The maximum Gasteiger partial charge on any atom is 0.433 e. The molecule has 12 heavy (non-hydrogen) atoms. The van der Waals surface area contributed by atoms with E-state index >= 15 is 0 Å². The van der Waals surface area contributed by atoms with Gasteiger partial charge < -0.3 is 0 Å². The molecule has 5 heteroatoms. The highest BCUT2D eigenvalue weighted by Gasteiger charge is 2.34. The van der Waals surface area contributed by atoms with Crippen LogP contribution in [0.3, 0.4) is 0 Å². The first kappa shape index (κ1) is 8.83. The van der Waals surface area contributed by atoms with Crippen LogP contribution in [0.2, 0.25) is 0 Å². The molecular weight excluding hydrogens is 169 g/mol. The van der Waals surface area contributed by atoms with Crippen LogP contribution in [0.1, 0.15) is 5.69 Å². The number of alkyl halides is 3. The molecule has 0 unspecified atom stereocenters. The maximum absolute atomic E-state index is 12.1. The third-order valence-electron chi connectivity index (χ3n) is 1.31. The van der Waals surface area contributed by atoms with E-state index in [1.807, 2.05) is 0 Å². The number of hydrogen-bond acceptors (Lipinski definition) is 1. The van der Waals surface area contributed by atoms with Gasteiger partial charge in [0.15, 0.2) is 0 Å². The van der Waals surface area contributed by atoms with Crippen molar-refractivity contribution in [3.8, 4) is 0 Å². The van der Waals surface area contributed by atoms with E-state index in [1.165, 1.54) is 6.08 Å². The molecule has 0 fully saturated rings. The molecule has 0 aliphatic heterocycles. The lowest BCUT2D eigenvalue weighted by atomic mass is 10.4. The lowest BCUT2D eigenvalue weighted by molar-refractivity contribution is -0.144. The number of rotatable bonds is 2. The molecule has 1 rings (SSSR count). The molecule has 66 valence electrons. The van der Waals surface area contributed by atoms with Gasteiger partial charge in [-0.25, -0.2) is 0 Å². The Kier molecular flexibility index (Phi) is 2.21. The quantitative estimate of drug-likeness (QED) is 0.631. The lowest BCUT2D eigenvalue weighted by Crippen LogP contribution is -2.13. The summed E-state index contributed by atoms with van der Waals surface area (Å²) in [6.45, 7) is 3.40. The molecule has 0 saturated carbocycles. The Morgan fingerprint density at radius 3 is 2.75 bits per heavy atom. The predicted molar refractivity (Wildman–Crippen MR) is 37.4 cm³/mol. The maximum atomic E-state index is 12.1. The standard InChI is InChI=1S/C7H7F3N2/c1-2-5-12-6(3-4-11-12)7(8,9)10/h2-4H,1,5H2. The van der Waals surface area contributed by atoms with Crippen LogP contribution in [0.25, 0.3) is 0 Å². The van der Waals surface area contributed by atoms with Crippen molar-refractivity contribution in [3.63, 3.8) is 0 Å². The average Bonchev–Trinajstić information content (AvgIpc) is 2.34. The minimum Gasteiger partial charge on any atom is -0.257 e. The molecule has 0 atom stereocenters. The van der Waals surface area contributed by atoms with E-state index in [-0.39, 0.29) is 6.54 Å². The van der Waals surface area contributed by atoms with E-state index in [4.69, 9.17) is 0 Å². The number of allylic oxidation sites excluding steroid dienone is 1. The Hall–Kier alpha value is -1.26. The molecule has 0 amide bonds. The van der Waals surface area contributed by atoms with Crippen LogP contribution in [-0.2, 0) is 12.7 Å². The van der Waals surface area contributed by atoms with Gasteiger partial charge in [0.1, 0.15) is 5.69 Å². The van der Waals surface area contributed by atoms with Gasteiger partial charge in [0.05, 0.1) is 6.54 Å². The minimum absolute atomic E-state index is 0.0713. The van der Waals surface area contributed by atoms with Crippen LogP contribution in [0.5, 0.6) is 0 Å². The Bertz CT molecular complexity index is 274. The zero-order valence-electron chi connectivity index (χ0n) is 6.17. The molecule has 0 N–H and O–H groups in total. The Labute approximate surface area is 67.3 Å². The third kappa shape index (κ3) is 1.66. The second-order valence-electron chi connectivity index (χ2n) is 2.18. The van der Waals surface area contributed by atoms with Crippen molar-refractivity contribution in [3.05, 3.63) is 30.6 Å². The zero-order chi connectivity index (χ0) is 9.19. The smallest absolute Gasteiger partial charge is 0.257 e. The van der Waals surface area contributed by atoms with Gasteiger partial charge in [0.2, 0.25) is 0 Å². The normalized spacial score (nSPS) is 11.6. The Morgan fingerprint density at radius 2 is 2.25 bits per heavy atom. The average molecular weight is 176 g/mol. The second-order valence-corrected chi connectivity index (χ2v) is 2.18. The van der Waals surface area contributed by atoms with Gasteiger partial charge in [0, 0.05) is 6.20 Å². The summed E-state index contributed by atoms with van der Waals surface area (Å²) in [4.78, 5) is 0. The topological polar surface area (TPSA) is 17.8 Å². The van der Waals surface area contributed by atoms with Crippen molar-refractivity contribution in [2.24, 2.45) is 0 Å². The van der Waals surface area contributed by atoms with Crippen LogP contribution in [-0.4, -0.2) is 9.78 Å². The fraction of sp³-hybridized carbons (Fsp3) is 0.286. The van der Waals surface area contributed by atoms with Crippen molar-refractivity contribution in [2.45, 2.75) is 12.7 Å². The van der Waals surface area contributed by atoms with Crippen molar-refractivity contribution in [1.29, 1.82) is 0 Å². The molecule has 0 aliphatic rings. The molecule has 0 aliphatic carbocycles. The van der Waals surface area contributed by atoms with Crippen LogP contribution >= 0.6 is 0 Å². The summed E-state index contributed by atoms with van der Waals surface area (Å²) in [7, 11) is 0. The second kappa shape index (κ2) is 3.00. The SMILES string of the molecule is C=CCn1nccc1C(F)(F)F. The third-order valence-corrected chi connectivity index (χ3v) is 1.31. The van der Waals surface area contributed by atoms with Gasteiger partial charge in [-0.3, -0.25) is 4.68 Å². The van der Waals surface area contributed by atoms with Crippen LogP contribution in [0, 0.1) is 0 Å². The summed E-state index contributed by atoms with van der Waals surface area (Å²) in [5.74, 6) is 0. The van der Waals surface area contributed by atoms with E-state index in [0.717, 1.165) is 16.9 Å². The Balaban J connectivity index is 2.99. The molecule has 1 heterocycles. The summed E-state index contributed by atoms with van der Waals surface area (Å²) in [6, 6.07) is 0.934. The fourth-order valence-electron chi connectivity index (χ4n) is 0.841. The van der Waals surface area contributed by atoms with Crippen molar-refractivity contribution < 1.29 is 13.2 Å². The predicted octanol–water partition coefficient (Wildman–Crippen LogP) is 2.09. The van der Waals surface area contributed by atoms with Crippen molar-refractivity contribution in [1.82, 2.24) is 9.78 Å². The first-order valence-electron chi connectivity index (χ1n) is 3.25. The Morgan fingerprint density at radius 1 is 1.58 bits per heavy atom. The molecule has 0 radical (unpaired) electrons. The molecule has 0 bridgehead atoms. The van der Waals surface area contributed by atoms with Crippen LogP contribution in [0.4, 0.5) is 13.2 Å². The number of aromatic nitrogens is 2. The number of hydrogen-bond donors (Lipinski definition) is 0. The summed E-state index contributed by atoms with van der Waals surface area (Å²) in [6.07, 6.45) is -1.85. The van der Waals surface area contributed by atoms with Crippen LogP contribution in [0.15, 0.2) is 24.9 Å². The van der Waals surface area contributed by atoms with Crippen molar-refractivity contribution >= 4 is 0 Å². The minimum atomic E-state index is -4.33. The highest BCUT2D eigenvalue weighted by molar-refractivity contribution is 5.05. The zero-order valence-corrected chi connectivity index (χ0v) is 6.17. The van der Waals surface area contributed by atoms with E-state index in [2.05, 4.69) is 11.7 Å². The molecular formula is C7H7F3N2. The molecule has 1 aromatic rings. The summed E-state index contributed by atoms with van der Waals surface area (Å²) in [5, 5.41) is 3.50. The van der Waals surface area contributed by atoms with E-state index in [9.17, 15) is 13.2 Å². The fourth-order valence-corrected chi connectivity index (χ4v) is 0.841. The van der Waals surface area contributed by atoms with E-state index < -0.39 is 11.9 Å². The van der Waals surface area contributed by atoms with Gasteiger partial charge in [-0.15, -0.1) is 6.58 Å². The largest absolute Gasteiger partial charge is 0.433 e. The lowest BCUT2D eigenvalue weighted by Gasteiger charge is -2.07. The highest BCUT2D eigenvalue weighted by Crippen LogP contribution is 2.28. The molecule has 0 saturated heterocycles. The van der Waals surface area contributed by atoms with E-state index in [0.29, 0.717) is 0 Å². The summed E-state index contributed by atoms with van der Waals surface area (Å²) < 4.78 is 37.2. The monoisotopic (exact) mass is 176 g/mol. The molecule has 0 aromatic carbocycles. The highest BCUT2D eigenvalue weighted by atomic mass is 19.4. The van der Waals surface area contributed by atoms with Gasteiger partial charge in [-0.1, -0.05) is 6.08 Å². The number of halogens is 3. The first-order chi connectivity index (χ1) is 5.55. The molecule has 1 aromatic heterocycles. The summed E-state index contributed by atoms with van der Waals surface area (Å²) >= 11 is 0. The van der Waals surface area contributed by atoms with Gasteiger partial charge in [0.25, 0.3) is 0 Å². The number of nitrogens with zero attached hydrogens (tertiary/aromatic N) is 2. The van der Waals surface area contributed by atoms with Gasteiger partial charge in [-0.05, 0) is 6.07 Å². The van der Waals surface area contributed by atoms with Crippen molar-refractivity contribution in [2.75, 3.05) is 0 Å². The van der Waals surface area contributed by atoms with Gasteiger partial charge >= 0.3 is 6.18 Å². The summed E-state index contributed by atoms with van der Waals surface area (Å²) in [5.41, 5.74) is -0.748. The first-order valence-corrected chi connectivity index (χ1v) is 3.25. The van der Waals surface area contributed by atoms with Gasteiger partial charge in [-0.2, -0.15) is 18.3 Å². The van der Waals surface area contributed by atoms with Crippen LogP contribution < -0.4 is 0 Å². The molecule has 2 nitrogen and oxygen atoms in total. The van der Waals surface area contributed by atoms with E-state index in [1.54, 1.807) is 0 Å².